The molecule has 88 valence electrons. The summed E-state index contributed by atoms with van der Waals surface area (Å²) in [6.07, 6.45) is 3.91. The van der Waals surface area contributed by atoms with Gasteiger partial charge < -0.3 is 0 Å². The molecule has 0 saturated carbocycles. The Hall–Kier alpha value is -2.09. The Labute approximate surface area is 96.6 Å². The molecule has 0 aliphatic heterocycles. The van der Waals surface area contributed by atoms with Gasteiger partial charge in [-0.05, 0) is 18.2 Å². The van der Waals surface area contributed by atoms with Crippen molar-refractivity contribution in [2.75, 3.05) is 4.72 Å². The summed E-state index contributed by atoms with van der Waals surface area (Å²) in [5.74, 6) is -1.08. The fourth-order valence-electron chi connectivity index (χ4n) is 1.09. The monoisotopic (exact) mass is 254 g/mol. The second-order valence-electron chi connectivity index (χ2n) is 2.97. The molecule has 0 spiro atoms. The van der Waals surface area contributed by atoms with Crippen LogP contribution in [0.5, 0.6) is 0 Å². The van der Waals surface area contributed by atoms with Crippen molar-refractivity contribution < 1.29 is 12.8 Å². The van der Waals surface area contributed by atoms with E-state index in [-0.39, 0.29) is 5.95 Å². The van der Waals surface area contributed by atoms with Gasteiger partial charge in [0.25, 0.3) is 10.0 Å². The van der Waals surface area contributed by atoms with Gasteiger partial charge in [0.2, 0.25) is 11.0 Å². The van der Waals surface area contributed by atoms with Crippen LogP contribution in [0.2, 0.25) is 0 Å². The molecule has 0 aliphatic carbocycles. The van der Waals surface area contributed by atoms with E-state index < -0.39 is 20.9 Å². The van der Waals surface area contributed by atoms with Crippen LogP contribution < -0.4 is 4.72 Å². The van der Waals surface area contributed by atoms with Crippen LogP contribution in [0.25, 0.3) is 0 Å². The molecule has 2 aromatic rings. The van der Waals surface area contributed by atoms with Crippen molar-refractivity contribution in [3.8, 4) is 0 Å². The summed E-state index contributed by atoms with van der Waals surface area (Å²) in [5, 5.41) is -0.688. The SMILES string of the molecule is O=S(=O)(Nc1ncccn1)c1ncccc1F. The van der Waals surface area contributed by atoms with Gasteiger partial charge in [-0.1, -0.05) is 0 Å². The molecule has 0 radical (unpaired) electrons. The van der Waals surface area contributed by atoms with Gasteiger partial charge in [0.1, 0.15) is 0 Å². The van der Waals surface area contributed by atoms with Crippen LogP contribution >= 0.6 is 0 Å². The molecule has 0 unspecified atom stereocenters. The van der Waals surface area contributed by atoms with Crippen LogP contribution in [0.1, 0.15) is 0 Å². The number of nitrogens with one attached hydrogen (secondary N) is 1. The van der Waals surface area contributed by atoms with E-state index in [1.54, 1.807) is 0 Å². The third kappa shape index (κ3) is 2.53. The summed E-state index contributed by atoms with van der Waals surface area (Å²) in [4.78, 5) is 10.8. The normalized spacial score (nSPS) is 11.1. The van der Waals surface area contributed by atoms with Crippen molar-refractivity contribution in [1.29, 1.82) is 0 Å². The van der Waals surface area contributed by atoms with Crippen molar-refractivity contribution in [1.82, 2.24) is 15.0 Å². The van der Waals surface area contributed by atoms with Gasteiger partial charge >= 0.3 is 0 Å². The standard InChI is InChI=1S/C9H7FN4O2S/c10-7-3-1-4-11-8(7)17(15,16)14-9-12-5-2-6-13-9/h1-6H,(H,12,13,14). The lowest BCUT2D eigenvalue weighted by atomic mass is 10.5. The van der Waals surface area contributed by atoms with E-state index in [2.05, 4.69) is 15.0 Å². The fraction of sp³-hybridized carbons (Fsp3) is 0. The van der Waals surface area contributed by atoms with Gasteiger partial charge in [0, 0.05) is 18.6 Å². The molecule has 1 N–H and O–H groups in total. The van der Waals surface area contributed by atoms with Crippen LogP contribution in [0.15, 0.2) is 41.8 Å². The number of hydrogen-bond donors (Lipinski definition) is 1. The van der Waals surface area contributed by atoms with Gasteiger partial charge in [-0.3, -0.25) is 0 Å². The zero-order chi connectivity index (χ0) is 12.3. The van der Waals surface area contributed by atoms with E-state index in [0.717, 1.165) is 6.07 Å². The van der Waals surface area contributed by atoms with Gasteiger partial charge in [-0.15, -0.1) is 0 Å². The number of hydrogen-bond acceptors (Lipinski definition) is 5. The van der Waals surface area contributed by atoms with Crippen molar-refractivity contribution in [3.05, 3.63) is 42.6 Å². The smallest absolute Gasteiger partial charge is 0.246 e. The largest absolute Gasteiger partial charge is 0.284 e. The molecule has 17 heavy (non-hydrogen) atoms. The second-order valence-corrected chi connectivity index (χ2v) is 4.57. The fourth-order valence-corrected chi connectivity index (χ4v) is 2.06. The number of aromatic nitrogens is 3. The highest BCUT2D eigenvalue weighted by Crippen LogP contribution is 2.12. The van der Waals surface area contributed by atoms with Crippen LogP contribution in [-0.2, 0) is 10.0 Å². The third-order valence-corrected chi connectivity index (χ3v) is 3.03. The number of anilines is 1. The molecule has 0 aromatic carbocycles. The average molecular weight is 254 g/mol. The van der Waals surface area contributed by atoms with E-state index >= 15 is 0 Å². The molecule has 2 aromatic heterocycles. The highest BCUT2D eigenvalue weighted by Gasteiger charge is 2.21. The minimum absolute atomic E-state index is 0.141. The number of rotatable bonds is 3. The predicted molar refractivity (Wildman–Crippen MR) is 57.0 cm³/mol. The zero-order valence-corrected chi connectivity index (χ0v) is 9.22. The van der Waals surface area contributed by atoms with Crippen molar-refractivity contribution in [2.24, 2.45) is 0 Å². The van der Waals surface area contributed by atoms with E-state index in [4.69, 9.17) is 0 Å². The number of halogens is 1. The molecule has 0 amide bonds. The lowest BCUT2D eigenvalue weighted by Gasteiger charge is -2.05. The highest BCUT2D eigenvalue weighted by molar-refractivity contribution is 7.92. The van der Waals surface area contributed by atoms with Crippen LogP contribution in [0.4, 0.5) is 10.3 Å². The first-order valence-corrected chi connectivity index (χ1v) is 5.98. The van der Waals surface area contributed by atoms with Gasteiger partial charge in [0.05, 0.1) is 0 Å². The molecular weight excluding hydrogens is 247 g/mol. The Morgan fingerprint density at radius 1 is 1.06 bits per heavy atom. The lowest BCUT2D eigenvalue weighted by molar-refractivity contribution is 0.556. The number of pyridine rings is 1. The molecule has 8 heteroatoms. The average Bonchev–Trinajstić information content (AvgIpc) is 2.30. The summed E-state index contributed by atoms with van der Waals surface area (Å²) in [5.41, 5.74) is 0. The lowest BCUT2D eigenvalue weighted by Crippen LogP contribution is -2.17. The first-order valence-electron chi connectivity index (χ1n) is 4.50. The summed E-state index contributed by atoms with van der Waals surface area (Å²) in [7, 11) is -4.11. The van der Waals surface area contributed by atoms with Crippen molar-refractivity contribution >= 4 is 16.0 Å². The summed E-state index contributed by atoms with van der Waals surface area (Å²) in [6.45, 7) is 0. The first kappa shape index (κ1) is 11.4. The third-order valence-electron chi connectivity index (χ3n) is 1.77. The summed E-state index contributed by atoms with van der Waals surface area (Å²) in [6, 6.07) is 3.83. The van der Waals surface area contributed by atoms with E-state index in [1.807, 2.05) is 4.72 Å². The molecule has 2 heterocycles. The van der Waals surface area contributed by atoms with Crippen LogP contribution in [0, 0.1) is 5.82 Å². The topological polar surface area (TPSA) is 84.8 Å². The summed E-state index contributed by atoms with van der Waals surface area (Å²) >= 11 is 0. The molecule has 0 aliphatic rings. The molecule has 0 saturated heterocycles. The molecule has 6 nitrogen and oxygen atoms in total. The van der Waals surface area contributed by atoms with Gasteiger partial charge in [-0.2, -0.15) is 8.42 Å². The minimum Gasteiger partial charge on any atom is -0.246 e. The minimum atomic E-state index is -4.11. The molecular formula is C9H7FN4O2S. The Morgan fingerprint density at radius 3 is 2.35 bits per heavy atom. The quantitative estimate of drug-likeness (QED) is 0.876. The van der Waals surface area contributed by atoms with Crippen molar-refractivity contribution in [3.63, 3.8) is 0 Å². The molecule has 0 fully saturated rings. The van der Waals surface area contributed by atoms with E-state index in [9.17, 15) is 12.8 Å². The number of nitrogens with zero attached hydrogens (tertiary/aromatic N) is 3. The molecule has 0 atom stereocenters. The first-order chi connectivity index (χ1) is 8.09. The molecule has 2 rings (SSSR count). The Morgan fingerprint density at radius 2 is 1.71 bits per heavy atom. The Bertz CT molecular complexity index is 618. The van der Waals surface area contributed by atoms with Gasteiger partial charge in [0.15, 0.2) is 5.82 Å². The Kier molecular flexibility index (Phi) is 2.96. The van der Waals surface area contributed by atoms with Crippen molar-refractivity contribution in [2.45, 2.75) is 5.03 Å². The second kappa shape index (κ2) is 4.42. The maximum Gasteiger partial charge on any atom is 0.284 e. The van der Waals surface area contributed by atoms with E-state index in [0.29, 0.717) is 0 Å². The maximum absolute atomic E-state index is 13.3. The number of sulfonamides is 1. The molecule has 0 bridgehead atoms. The van der Waals surface area contributed by atoms with E-state index in [1.165, 1.54) is 30.7 Å². The van der Waals surface area contributed by atoms with Gasteiger partial charge in [-0.25, -0.2) is 24.1 Å². The Balaban J connectivity index is 2.36. The zero-order valence-electron chi connectivity index (χ0n) is 8.41. The van der Waals surface area contributed by atoms with Crippen LogP contribution in [0.3, 0.4) is 0 Å². The van der Waals surface area contributed by atoms with Crippen LogP contribution in [-0.4, -0.2) is 23.4 Å². The maximum atomic E-state index is 13.3. The highest BCUT2D eigenvalue weighted by atomic mass is 32.2. The summed E-state index contributed by atoms with van der Waals surface area (Å²) < 4.78 is 38.7. The predicted octanol–water partition coefficient (Wildman–Crippen LogP) is 0.811.